The highest BCUT2D eigenvalue weighted by molar-refractivity contribution is 6.05. The molecule has 154 valence electrons. The Labute approximate surface area is 168 Å². The van der Waals surface area contributed by atoms with Crippen LogP contribution in [0.15, 0.2) is 18.2 Å². The predicted octanol–water partition coefficient (Wildman–Crippen LogP) is 0.853. The number of likely N-dealkylation sites (tertiary alicyclic amines) is 1. The van der Waals surface area contributed by atoms with Crippen molar-refractivity contribution in [2.24, 2.45) is 5.73 Å². The van der Waals surface area contributed by atoms with Crippen LogP contribution in [0.25, 0.3) is 0 Å². The van der Waals surface area contributed by atoms with Gasteiger partial charge < -0.3 is 10.6 Å². The zero-order valence-electron chi connectivity index (χ0n) is 16.2. The topological polar surface area (TPSA) is 95.7 Å². The predicted molar refractivity (Wildman–Crippen MR) is 102 cm³/mol. The van der Waals surface area contributed by atoms with Crippen LogP contribution in [0.5, 0.6) is 0 Å². The monoisotopic (exact) mass is 400 g/mol. The number of benzene rings is 1. The summed E-state index contributed by atoms with van der Waals surface area (Å²) in [4.78, 5) is 40.1. The zero-order valence-corrected chi connectivity index (χ0v) is 16.2. The van der Waals surface area contributed by atoms with Crippen LogP contribution in [0, 0.1) is 0 Å². The van der Waals surface area contributed by atoms with Crippen LogP contribution < -0.4 is 11.1 Å². The minimum atomic E-state index is -1.32. The van der Waals surface area contributed by atoms with Crippen LogP contribution in [-0.2, 0) is 22.7 Å². The molecule has 1 aliphatic carbocycles. The van der Waals surface area contributed by atoms with E-state index in [0.717, 1.165) is 17.5 Å². The first-order valence-electron chi connectivity index (χ1n) is 10.2. The first-order valence-corrected chi connectivity index (χ1v) is 10.2. The molecule has 29 heavy (non-hydrogen) atoms. The lowest BCUT2D eigenvalue weighted by atomic mass is 9.89. The molecular weight excluding hydrogens is 375 g/mol. The summed E-state index contributed by atoms with van der Waals surface area (Å²) in [6.45, 7) is 1.77. The number of carbonyl (C=O) groups excluding carboxylic acids is 3. The Balaban J connectivity index is 1.31. The summed E-state index contributed by atoms with van der Waals surface area (Å²) >= 11 is 0. The number of hydrogen-bond acceptors (Lipinski definition) is 5. The van der Waals surface area contributed by atoms with E-state index >= 15 is 4.39 Å². The Morgan fingerprint density at radius 2 is 2.03 bits per heavy atom. The van der Waals surface area contributed by atoms with Crippen molar-refractivity contribution < 1.29 is 18.8 Å². The van der Waals surface area contributed by atoms with Gasteiger partial charge in [-0.3, -0.25) is 24.6 Å². The molecule has 0 spiro atoms. The molecule has 3 fully saturated rings. The lowest BCUT2D eigenvalue weighted by Crippen LogP contribution is -2.53. The normalized spacial score (nSPS) is 34.5. The molecule has 7 nitrogen and oxygen atoms in total. The molecule has 3 aliphatic heterocycles. The lowest BCUT2D eigenvalue weighted by Gasteiger charge is -2.29. The molecule has 1 aromatic rings. The molecular formula is C21H25FN4O3. The molecule has 2 saturated heterocycles. The summed E-state index contributed by atoms with van der Waals surface area (Å²) in [5.74, 6) is -0.893. The maximum atomic E-state index is 15.1. The van der Waals surface area contributed by atoms with Crippen molar-refractivity contribution in [3.8, 4) is 0 Å². The average molecular weight is 400 g/mol. The van der Waals surface area contributed by atoms with Crippen molar-refractivity contribution in [1.82, 2.24) is 15.1 Å². The van der Waals surface area contributed by atoms with E-state index in [2.05, 4.69) is 5.32 Å². The number of alkyl halides is 1. The molecule has 3 atom stereocenters. The van der Waals surface area contributed by atoms with Crippen molar-refractivity contribution in [2.75, 3.05) is 13.1 Å². The van der Waals surface area contributed by atoms with Crippen LogP contribution >= 0.6 is 0 Å². The maximum Gasteiger partial charge on any atom is 0.255 e. The third-order valence-corrected chi connectivity index (χ3v) is 7.07. The van der Waals surface area contributed by atoms with Gasteiger partial charge in [0.15, 0.2) is 0 Å². The number of carbonyl (C=O) groups is 3. The summed E-state index contributed by atoms with van der Waals surface area (Å²) in [7, 11) is 0. The highest BCUT2D eigenvalue weighted by atomic mass is 19.1. The molecule has 3 amide bonds. The second kappa shape index (κ2) is 6.34. The Morgan fingerprint density at radius 1 is 1.21 bits per heavy atom. The van der Waals surface area contributed by atoms with Crippen molar-refractivity contribution in [3.05, 3.63) is 34.9 Å². The molecule has 0 radical (unpaired) electrons. The van der Waals surface area contributed by atoms with Gasteiger partial charge in [0, 0.05) is 38.2 Å². The minimum Gasteiger partial charge on any atom is -0.322 e. The van der Waals surface area contributed by atoms with Gasteiger partial charge in [-0.1, -0.05) is 12.1 Å². The average Bonchev–Trinajstić information content (AvgIpc) is 3.20. The van der Waals surface area contributed by atoms with Crippen molar-refractivity contribution >= 4 is 17.7 Å². The second-order valence-electron chi connectivity index (χ2n) is 9.01. The van der Waals surface area contributed by atoms with Gasteiger partial charge in [-0.25, -0.2) is 4.39 Å². The number of amides is 3. The van der Waals surface area contributed by atoms with Gasteiger partial charge in [-0.15, -0.1) is 0 Å². The Morgan fingerprint density at radius 3 is 2.79 bits per heavy atom. The van der Waals surface area contributed by atoms with E-state index < -0.39 is 23.2 Å². The molecule has 1 saturated carbocycles. The molecule has 5 rings (SSSR count). The Bertz CT molecular complexity index is 903. The molecule has 4 aliphatic rings. The van der Waals surface area contributed by atoms with E-state index in [4.69, 9.17) is 5.73 Å². The maximum absolute atomic E-state index is 15.1. The molecule has 3 heterocycles. The van der Waals surface area contributed by atoms with E-state index in [9.17, 15) is 14.4 Å². The molecule has 8 heteroatoms. The fourth-order valence-corrected chi connectivity index (χ4v) is 5.49. The van der Waals surface area contributed by atoms with Crippen LogP contribution in [0.3, 0.4) is 0 Å². The quantitative estimate of drug-likeness (QED) is 0.734. The molecule has 3 N–H and O–H groups in total. The highest BCUT2D eigenvalue weighted by Crippen LogP contribution is 2.46. The van der Waals surface area contributed by atoms with Crippen molar-refractivity contribution in [3.63, 3.8) is 0 Å². The molecule has 1 unspecified atom stereocenters. The highest BCUT2D eigenvalue weighted by Gasteiger charge is 2.59. The van der Waals surface area contributed by atoms with E-state index in [-0.39, 0.29) is 18.2 Å². The van der Waals surface area contributed by atoms with E-state index in [0.29, 0.717) is 51.0 Å². The SMILES string of the molecule is N[C@]12CCC[C@@]1(F)CN(Cc1ccc3c(c1)C(=O)N(C1CCC(=O)NC1=O)C3)C2. The number of hydrogen-bond donors (Lipinski definition) is 2. The Kier molecular flexibility index (Phi) is 4.08. The summed E-state index contributed by atoms with van der Waals surface area (Å²) in [5.41, 5.74) is 6.66. The molecule has 0 aromatic heterocycles. The van der Waals surface area contributed by atoms with Gasteiger partial charge >= 0.3 is 0 Å². The van der Waals surface area contributed by atoms with E-state index in [1.165, 1.54) is 0 Å². The summed E-state index contributed by atoms with van der Waals surface area (Å²) < 4.78 is 15.1. The van der Waals surface area contributed by atoms with E-state index in [1.54, 1.807) is 4.90 Å². The largest absolute Gasteiger partial charge is 0.322 e. The van der Waals surface area contributed by atoms with E-state index in [1.807, 2.05) is 23.1 Å². The minimum absolute atomic E-state index is 0.188. The number of nitrogens with two attached hydrogens (primary N) is 1. The van der Waals surface area contributed by atoms with Crippen molar-refractivity contribution in [1.29, 1.82) is 0 Å². The smallest absolute Gasteiger partial charge is 0.255 e. The first kappa shape index (κ1) is 18.7. The summed E-state index contributed by atoms with van der Waals surface area (Å²) in [6.07, 6.45) is 2.66. The van der Waals surface area contributed by atoms with Crippen LogP contribution in [-0.4, -0.2) is 57.9 Å². The Hall–Kier alpha value is -2.32. The van der Waals surface area contributed by atoms with Crippen molar-refractivity contribution in [2.45, 2.75) is 62.4 Å². The van der Waals surface area contributed by atoms with Gasteiger partial charge in [-0.05, 0) is 42.9 Å². The molecule has 1 aromatic carbocycles. The first-order chi connectivity index (χ1) is 13.8. The molecule has 0 bridgehead atoms. The standard InChI is InChI=1S/C21H25FN4O3/c22-20-6-1-7-21(20,23)12-25(11-20)9-13-2-3-14-10-26(19(29)15(14)8-13)16-4-5-17(27)24-18(16)28/h2-3,8,16H,1,4-7,9-12,23H2,(H,24,27,28)/t16?,20-,21+/m1/s1. The van der Waals surface area contributed by atoms with Crippen LogP contribution in [0.2, 0.25) is 0 Å². The number of fused-ring (bicyclic) bond motifs is 2. The third kappa shape index (κ3) is 2.88. The fraction of sp³-hybridized carbons (Fsp3) is 0.571. The fourth-order valence-electron chi connectivity index (χ4n) is 5.49. The number of nitrogens with zero attached hydrogens (tertiary/aromatic N) is 2. The zero-order chi connectivity index (χ0) is 20.4. The summed E-state index contributed by atoms with van der Waals surface area (Å²) in [5, 5.41) is 2.31. The number of piperidine rings is 1. The van der Waals surface area contributed by atoms with Gasteiger partial charge in [0.05, 0.1) is 5.54 Å². The number of imide groups is 1. The second-order valence-corrected chi connectivity index (χ2v) is 9.01. The van der Waals surface area contributed by atoms with Crippen LogP contribution in [0.1, 0.15) is 53.6 Å². The number of rotatable bonds is 3. The summed E-state index contributed by atoms with van der Waals surface area (Å²) in [6, 6.07) is 5.11. The van der Waals surface area contributed by atoms with Gasteiger partial charge in [0.1, 0.15) is 11.7 Å². The number of halogens is 1. The van der Waals surface area contributed by atoms with Gasteiger partial charge in [0.25, 0.3) is 5.91 Å². The van der Waals surface area contributed by atoms with Crippen LogP contribution in [0.4, 0.5) is 4.39 Å². The van der Waals surface area contributed by atoms with Gasteiger partial charge in [0.2, 0.25) is 11.8 Å². The number of nitrogens with one attached hydrogen (secondary N) is 1. The lowest BCUT2D eigenvalue weighted by molar-refractivity contribution is -0.136. The van der Waals surface area contributed by atoms with Gasteiger partial charge in [-0.2, -0.15) is 0 Å². The third-order valence-electron chi connectivity index (χ3n) is 7.07.